The first-order chi connectivity index (χ1) is 8.58. The zero-order valence-electron chi connectivity index (χ0n) is 11.1. The minimum atomic E-state index is -0.648. The number of aliphatic hydroxyl groups is 1. The summed E-state index contributed by atoms with van der Waals surface area (Å²) in [5.74, 6) is 0. The lowest BCUT2D eigenvalue weighted by Gasteiger charge is -2.36. The fourth-order valence-electron chi connectivity index (χ4n) is 2.35. The van der Waals surface area contributed by atoms with Crippen molar-refractivity contribution in [2.75, 3.05) is 26.8 Å². The highest BCUT2D eigenvalue weighted by atomic mass is 16.5. The highest BCUT2D eigenvalue weighted by molar-refractivity contribution is 5.74. The van der Waals surface area contributed by atoms with E-state index in [0.717, 1.165) is 32.3 Å². The normalized spacial score (nSPS) is 23.0. The lowest BCUT2D eigenvalue weighted by Crippen LogP contribution is -2.50. The van der Waals surface area contributed by atoms with Crippen molar-refractivity contribution in [1.82, 2.24) is 10.6 Å². The zero-order chi connectivity index (χ0) is 13.1. The summed E-state index contributed by atoms with van der Waals surface area (Å²) < 4.78 is 5.08. The number of rotatable bonds is 7. The number of ether oxygens (including phenoxy) is 1. The van der Waals surface area contributed by atoms with Gasteiger partial charge in [0.2, 0.25) is 0 Å². The predicted octanol–water partition coefficient (Wildman–Crippen LogP) is 1.02. The first-order valence-electron chi connectivity index (χ1n) is 6.81. The molecule has 2 saturated carbocycles. The third-order valence-corrected chi connectivity index (χ3v) is 4.28. The minimum Gasteiger partial charge on any atom is -0.388 e. The number of amides is 2. The molecular formula is C13H24N2O3. The molecule has 0 spiro atoms. The zero-order valence-corrected chi connectivity index (χ0v) is 11.1. The Labute approximate surface area is 108 Å². The van der Waals surface area contributed by atoms with E-state index in [1.807, 2.05) is 0 Å². The van der Waals surface area contributed by atoms with Crippen LogP contribution in [0.15, 0.2) is 0 Å². The second-order valence-corrected chi connectivity index (χ2v) is 5.86. The van der Waals surface area contributed by atoms with Gasteiger partial charge in [0.05, 0.1) is 5.60 Å². The first kappa shape index (κ1) is 13.6. The third-order valence-electron chi connectivity index (χ3n) is 4.28. The van der Waals surface area contributed by atoms with E-state index in [9.17, 15) is 9.90 Å². The van der Waals surface area contributed by atoms with Gasteiger partial charge in [-0.15, -0.1) is 0 Å². The quantitative estimate of drug-likeness (QED) is 0.637. The molecule has 0 bridgehead atoms. The molecule has 2 rings (SSSR count). The average molecular weight is 256 g/mol. The van der Waals surface area contributed by atoms with Gasteiger partial charge in [0.1, 0.15) is 0 Å². The molecule has 0 atom stereocenters. The van der Waals surface area contributed by atoms with Gasteiger partial charge in [-0.05, 0) is 43.9 Å². The van der Waals surface area contributed by atoms with Crippen LogP contribution in [0.3, 0.4) is 0 Å². The van der Waals surface area contributed by atoms with E-state index >= 15 is 0 Å². The summed E-state index contributed by atoms with van der Waals surface area (Å²) in [6, 6.07) is -0.168. The van der Waals surface area contributed by atoms with Crippen LogP contribution in [-0.4, -0.2) is 43.5 Å². The van der Waals surface area contributed by atoms with Crippen molar-refractivity contribution in [1.29, 1.82) is 0 Å². The van der Waals surface area contributed by atoms with Crippen molar-refractivity contribution in [2.24, 2.45) is 5.41 Å². The van der Waals surface area contributed by atoms with Crippen LogP contribution in [-0.2, 0) is 4.74 Å². The lowest BCUT2D eigenvalue weighted by molar-refractivity contribution is -0.0290. The number of methoxy groups -OCH3 is 1. The molecule has 2 amide bonds. The lowest BCUT2D eigenvalue weighted by atomic mass is 9.80. The van der Waals surface area contributed by atoms with E-state index < -0.39 is 5.60 Å². The van der Waals surface area contributed by atoms with Crippen molar-refractivity contribution in [2.45, 2.75) is 44.1 Å². The third kappa shape index (κ3) is 3.59. The maximum absolute atomic E-state index is 11.6. The second kappa shape index (κ2) is 5.45. The molecule has 3 N–H and O–H groups in total. The molecule has 104 valence electrons. The summed E-state index contributed by atoms with van der Waals surface area (Å²) in [6.45, 7) is 1.83. The van der Waals surface area contributed by atoms with Gasteiger partial charge >= 0.3 is 6.03 Å². The van der Waals surface area contributed by atoms with E-state index in [-0.39, 0.29) is 11.4 Å². The van der Waals surface area contributed by atoms with Crippen LogP contribution in [0, 0.1) is 5.41 Å². The maximum Gasteiger partial charge on any atom is 0.314 e. The molecule has 2 aliphatic carbocycles. The summed E-state index contributed by atoms with van der Waals surface area (Å²) in [5.41, 5.74) is -0.384. The van der Waals surface area contributed by atoms with Crippen molar-refractivity contribution in [3.63, 3.8) is 0 Å². The number of hydrogen-bond donors (Lipinski definition) is 3. The number of carbonyl (C=O) groups excluding carboxylic acids is 1. The Morgan fingerprint density at radius 2 is 1.89 bits per heavy atom. The number of urea groups is 1. The molecular weight excluding hydrogens is 232 g/mol. The maximum atomic E-state index is 11.6. The summed E-state index contributed by atoms with van der Waals surface area (Å²) >= 11 is 0. The molecule has 0 aliphatic heterocycles. The smallest absolute Gasteiger partial charge is 0.314 e. The Kier molecular flexibility index (Phi) is 4.12. The van der Waals surface area contributed by atoms with Crippen LogP contribution in [0.25, 0.3) is 0 Å². The van der Waals surface area contributed by atoms with Gasteiger partial charge in [-0.25, -0.2) is 4.79 Å². The summed E-state index contributed by atoms with van der Waals surface area (Å²) in [5, 5.41) is 15.5. The SMILES string of the molecule is COCCC1(CNC(=O)NCC2(O)CCC2)CC1. The van der Waals surface area contributed by atoms with E-state index in [4.69, 9.17) is 4.74 Å². The molecule has 0 unspecified atom stereocenters. The summed E-state index contributed by atoms with van der Waals surface area (Å²) in [6.07, 6.45) is 5.99. The monoisotopic (exact) mass is 256 g/mol. The highest BCUT2D eigenvalue weighted by Crippen LogP contribution is 2.48. The molecule has 0 radical (unpaired) electrons. The summed E-state index contributed by atoms with van der Waals surface area (Å²) in [4.78, 5) is 11.6. The molecule has 0 saturated heterocycles. The van der Waals surface area contributed by atoms with Crippen LogP contribution in [0.4, 0.5) is 4.79 Å². The average Bonchev–Trinajstić information content (AvgIpc) is 3.10. The fourth-order valence-corrected chi connectivity index (χ4v) is 2.35. The first-order valence-corrected chi connectivity index (χ1v) is 6.81. The van der Waals surface area contributed by atoms with Gasteiger partial charge in [0.15, 0.2) is 0 Å². The van der Waals surface area contributed by atoms with Crippen molar-refractivity contribution < 1.29 is 14.6 Å². The standard InChI is InChI=1S/C13H24N2O3/c1-18-8-7-12(5-6-12)9-14-11(16)15-10-13(17)3-2-4-13/h17H,2-10H2,1H3,(H2,14,15,16). The van der Waals surface area contributed by atoms with Crippen LogP contribution >= 0.6 is 0 Å². The van der Waals surface area contributed by atoms with E-state index in [1.54, 1.807) is 7.11 Å². The Balaban J connectivity index is 1.60. The Bertz CT molecular complexity index is 299. The summed E-state index contributed by atoms with van der Waals surface area (Å²) in [7, 11) is 1.70. The number of carbonyl (C=O) groups is 1. The molecule has 5 heteroatoms. The Hall–Kier alpha value is -0.810. The van der Waals surface area contributed by atoms with Gasteiger partial charge in [0, 0.05) is 26.8 Å². The van der Waals surface area contributed by atoms with Crippen LogP contribution in [0.5, 0.6) is 0 Å². The minimum absolute atomic E-state index is 0.168. The van der Waals surface area contributed by atoms with Gasteiger partial charge < -0.3 is 20.5 Å². The van der Waals surface area contributed by atoms with Crippen molar-refractivity contribution >= 4 is 6.03 Å². The van der Waals surface area contributed by atoms with E-state index in [0.29, 0.717) is 13.1 Å². The molecule has 0 aromatic carbocycles. The van der Waals surface area contributed by atoms with Gasteiger partial charge in [-0.1, -0.05) is 0 Å². The Morgan fingerprint density at radius 1 is 1.22 bits per heavy atom. The van der Waals surface area contributed by atoms with Crippen LogP contribution < -0.4 is 10.6 Å². The van der Waals surface area contributed by atoms with Gasteiger partial charge in [-0.3, -0.25) is 0 Å². The molecule has 18 heavy (non-hydrogen) atoms. The number of hydrogen-bond acceptors (Lipinski definition) is 3. The largest absolute Gasteiger partial charge is 0.388 e. The van der Waals surface area contributed by atoms with E-state index in [2.05, 4.69) is 10.6 Å². The molecule has 0 aromatic rings. The predicted molar refractivity (Wildman–Crippen MR) is 68.4 cm³/mol. The molecule has 0 heterocycles. The van der Waals surface area contributed by atoms with Gasteiger partial charge in [-0.2, -0.15) is 0 Å². The van der Waals surface area contributed by atoms with Crippen LogP contribution in [0.2, 0.25) is 0 Å². The number of nitrogens with one attached hydrogen (secondary N) is 2. The van der Waals surface area contributed by atoms with Crippen molar-refractivity contribution in [3.8, 4) is 0 Å². The molecule has 5 nitrogen and oxygen atoms in total. The van der Waals surface area contributed by atoms with Crippen LogP contribution in [0.1, 0.15) is 38.5 Å². The topological polar surface area (TPSA) is 70.6 Å². The fraction of sp³-hybridized carbons (Fsp3) is 0.923. The molecule has 0 aromatic heterocycles. The Morgan fingerprint density at radius 3 is 2.39 bits per heavy atom. The van der Waals surface area contributed by atoms with Gasteiger partial charge in [0.25, 0.3) is 0 Å². The highest BCUT2D eigenvalue weighted by Gasteiger charge is 2.42. The van der Waals surface area contributed by atoms with Crippen molar-refractivity contribution in [3.05, 3.63) is 0 Å². The van der Waals surface area contributed by atoms with E-state index in [1.165, 1.54) is 12.8 Å². The second-order valence-electron chi connectivity index (χ2n) is 5.86. The molecule has 2 aliphatic rings. The molecule has 2 fully saturated rings.